The molecule has 0 fully saturated rings. The highest BCUT2D eigenvalue weighted by atomic mass is 16.6. The Morgan fingerprint density at radius 2 is 1.26 bits per heavy atom. The van der Waals surface area contributed by atoms with Gasteiger partial charge < -0.3 is 29.2 Å². The van der Waals surface area contributed by atoms with E-state index in [4.69, 9.17) is 18.9 Å². The molecule has 0 amide bonds. The van der Waals surface area contributed by atoms with Crippen LogP contribution < -0.4 is 18.9 Å². The van der Waals surface area contributed by atoms with E-state index in [2.05, 4.69) is 0 Å². The zero-order chi connectivity index (χ0) is 29.6. The average molecular weight is 569 g/mol. The van der Waals surface area contributed by atoms with E-state index in [9.17, 15) is 19.8 Å². The molecule has 8 heteroatoms. The van der Waals surface area contributed by atoms with Crippen LogP contribution in [0.3, 0.4) is 0 Å². The molecule has 0 heterocycles. The van der Waals surface area contributed by atoms with E-state index in [1.165, 1.54) is 14.2 Å². The predicted molar refractivity (Wildman–Crippen MR) is 155 cm³/mol. The van der Waals surface area contributed by atoms with Crippen LogP contribution >= 0.6 is 0 Å². The third kappa shape index (κ3) is 5.86. The number of hydrogen-bond acceptors (Lipinski definition) is 8. The first-order chi connectivity index (χ1) is 20.5. The molecular formula is C34H32O8. The van der Waals surface area contributed by atoms with Crippen molar-refractivity contribution >= 4 is 11.9 Å². The molecule has 8 nitrogen and oxygen atoms in total. The molecule has 5 rings (SSSR count). The summed E-state index contributed by atoms with van der Waals surface area (Å²) in [6.45, 7) is -0.314. The Morgan fingerprint density at radius 3 is 1.81 bits per heavy atom. The highest BCUT2D eigenvalue weighted by Crippen LogP contribution is 2.48. The molecule has 0 aliphatic heterocycles. The third-order valence-electron chi connectivity index (χ3n) is 7.69. The van der Waals surface area contributed by atoms with E-state index in [1.807, 2.05) is 24.3 Å². The second kappa shape index (κ2) is 12.9. The van der Waals surface area contributed by atoms with Crippen LogP contribution in [-0.2, 0) is 6.42 Å². The summed E-state index contributed by atoms with van der Waals surface area (Å²) in [5.41, 5.74) is 3.30. The molecule has 0 bridgehead atoms. The molecule has 0 spiro atoms. The van der Waals surface area contributed by atoms with Crippen molar-refractivity contribution in [3.63, 3.8) is 0 Å². The van der Waals surface area contributed by atoms with Gasteiger partial charge >= 0.3 is 11.9 Å². The topological polar surface area (TPSA) is 112 Å². The maximum atomic E-state index is 12.9. The van der Waals surface area contributed by atoms with Crippen LogP contribution in [0.4, 0.5) is 0 Å². The van der Waals surface area contributed by atoms with Gasteiger partial charge in [0.25, 0.3) is 0 Å². The summed E-state index contributed by atoms with van der Waals surface area (Å²) in [6.07, 6.45) is 0.501. The van der Waals surface area contributed by atoms with Crippen LogP contribution in [0.25, 0.3) is 0 Å². The molecule has 0 radical (unpaired) electrons. The van der Waals surface area contributed by atoms with E-state index < -0.39 is 17.9 Å². The molecule has 1 unspecified atom stereocenters. The van der Waals surface area contributed by atoms with Crippen LogP contribution in [0.1, 0.15) is 43.3 Å². The molecule has 0 aromatic heterocycles. The second-order valence-corrected chi connectivity index (χ2v) is 10.1. The number of benzene rings is 4. The van der Waals surface area contributed by atoms with E-state index >= 15 is 0 Å². The summed E-state index contributed by atoms with van der Waals surface area (Å²) in [5, 5.41) is 20.8. The molecule has 3 atom stereocenters. The van der Waals surface area contributed by atoms with Gasteiger partial charge in [-0.05, 0) is 83.5 Å². The largest absolute Gasteiger partial charge is 0.493 e. The number of carbonyl (C=O) groups is 2. The number of aliphatic hydroxyl groups is 2. The number of esters is 2. The highest BCUT2D eigenvalue weighted by molar-refractivity contribution is 5.92. The SMILES string of the molecule is COc1cc(C2c3cc(OC(=O)c4ccccc4)c(OC)cc3C[C@@H](CO)[C@@H]2CO)ccc1OC(=O)c1ccccc1. The molecule has 1 aliphatic carbocycles. The van der Waals surface area contributed by atoms with Gasteiger partial charge in [0.1, 0.15) is 0 Å². The van der Waals surface area contributed by atoms with Crippen LogP contribution in [0.5, 0.6) is 23.0 Å². The van der Waals surface area contributed by atoms with Crippen molar-refractivity contribution in [2.75, 3.05) is 27.4 Å². The molecule has 2 N–H and O–H groups in total. The van der Waals surface area contributed by atoms with Crippen molar-refractivity contribution in [3.05, 3.63) is 119 Å². The van der Waals surface area contributed by atoms with Crippen molar-refractivity contribution in [2.45, 2.75) is 12.3 Å². The molecule has 0 saturated carbocycles. The maximum absolute atomic E-state index is 12.9. The Kier molecular flexibility index (Phi) is 8.85. The van der Waals surface area contributed by atoms with Crippen LogP contribution in [0.2, 0.25) is 0 Å². The van der Waals surface area contributed by atoms with Gasteiger partial charge in [0.05, 0.1) is 25.3 Å². The van der Waals surface area contributed by atoms with Crippen molar-refractivity contribution < 1.29 is 38.7 Å². The number of hydrogen-bond donors (Lipinski definition) is 2. The lowest BCUT2D eigenvalue weighted by Gasteiger charge is -2.39. The van der Waals surface area contributed by atoms with Crippen LogP contribution in [-0.4, -0.2) is 49.6 Å². The fraction of sp³-hybridized carbons (Fsp3) is 0.235. The smallest absolute Gasteiger partial charge is 0.343 e. The molecule has 1 aliphatic rings. The van der Waals surface area contributed by atoms with Crippen molar-refractivity contribution in [2.24, 2.45) is 11.8 Å². The second-order valence-electron chi connectivity index (χ2n) is 10.1. The zero-order valence-corrected chi connectivity index (χ0v) is 23.4. The summed E-state index contributed by atoms with van der Waals surface area (Å²) in [6, 6.07) is 26.1. The standard InChI is InChI=1S/C34H32O8/c1-39-29-16-23(13-14-28(29)41-33(37)21-9-5-3-6-10-21)32-26-18-31(42-34(38)22-11-7-4-8-12-22)30(40-2)17-24(26)15-25(19-35)27(32)20-36/h3-14,16-18,25,27,32,35-36H,15,19-20H2,1-2H3/t25-,27-,32?/m0/s1. The normalized spacial score (nSPS) is 17.6. The number of ether oxygens (including phenoxy) is 4. The molecule has 4 aromatic carbocycles. The summed E-state index contributed by atoms with van der Waals surface area (Å²) in [4.78, 5) is 25.6. The van der Waals surface area contributed by atoms with Gasteiger partial charge in [-0.25, -0.2) is 9.59 Å². The lowest BCUT2D eigenvalue weighted by atomic mass is 9.67. The van der Waals surface area contributed by atoms with Gasteiger partial charge in [0.15, 0.2) is 23.0 Å². The monoisotopic (exact) mass is 568 g/mol. The Balaban J connectivity index is 1.55. The highest BCUT2D eigenvalue weighted by Gasteiger charge is 2.38. The summed E-state index contributed by atoms with van der Waals surface area (Å²) >= 11 is 0. The number of aliphatic hydroxyl groups excluding tert-OH is 2. The Bertz CT molecular complexity index is 1550. The van der Waals surface area contributed by atoms with Gasteiger partial charge in [-0.3, -0.25) is 0 Å². The fourth-order valence-corrected chi connectivity index (χ4v) is 5.57. The first-order valence-electron chi connectivity index (χ1n) is 13.6. The van der Waals surface area contributed by atoms with E-state index in [0.717, 1.165) is 16.7 Å². The average Bonchev–Trinajstić information content (AvgIpc) is 3.04. The molecule has 42 heavy (non-hydrogen) atoms. The molecular weight excluding hydrogens is 536 g/mol. The Labute approximate surface area is 244 Å². The molecule has 4 aromatic rings. The first-order valence-corrected chi connectivity index (χ1v) is 13.6. The van der Waals surface area contributed by atoms with Gasteiger partial charge in [0.2, 0.25) is 0 Å². The van der Waals surface area contributed by atoms with Crippen LogP contribution in [0, 0.1) is 11.8 Å². The van der Waals surface area contributed by atoms with Crippen molar-refractivity contribution in [3.8, 4) is 23.0 Å². The van der Waals surface area contributed by atoms with Gasteiger partial charge in [-0.15, -0.1) is 0 Å². The Hall–Kier alpha value is -4.66. The quantitative estimate of drug-likeness (QED) is 0.213. The number of fused-ring (bicyclic) bond motifs is 1. The minimum absolute atomic E-state index is 0.127. The van der Waals surface area contributed by atoms with Crippen molar-refractivity contribution in [1.82, 2.24) is 0 Å². The van der Waals surface area contributed by atoms with Crippen molar-refractivity contribution in [1.29, 1.82) is 0 Å². The van der Waals surface area contributed by atoms with E-state index in [0.29, 0.717) is 29.0 Å². The van der Waals surface area contributed by atoms with E-state index in [1.54, 1.807) is 66.7 Å². The van der Waals surface area contributed by atoms with Gasteiger partial charge in [-0.1, -0.05) is 42.5 Å². The minimum Gasteiger partial charge on any atom is -0.493 e. The minimum atomic E-state index is -0.528. The first kappa shape index (κ1) is 28.9. The number of carbonyl (C=O) groups excluding carboxylic acids is 2. The lowest BCUT2D eigenvalue weighted by molar-refractivity contribution is 0.0719. The lowest BCUT2D eigenvalue weighted by Crippen LogP contribution is -2.35. The number of rotatable bonds is 9. The summed E-state index contributed by atoms with van der Waals surface area (Å²) < 4.78 is 22.6. The van der Waals surface area contributed by atoms with Gasteiger partial charge in [0, 0.05) is 19.1 Å². The maximum Gasteiger partial charge on any atom is 0.343 e. The molecule has 216 valence electrons. The third-order valence-corrected chi connectivity index (χ3v) is 7.69. The predicted octanol–water partition coefficient (Wildman–Crippen LogP) is 5.05. The van der Waals surface area contributed by atoms with Crippen LogP contribution in [0.15, 0.2) is 91.0 Å². The summed E-state index contributed by atoms with van der Waals surface area (Å²) in [5.74, 6) is -0.819. The van der Waals surface area contributed by atoms with E-state index in [-0.39, 0.29) is 36.5 Å². The number of methoxy groups -OCH3 is 2. The fourth-order valence-electron chi connectivity index (χ4n) is 5.57. The molecule has 0 saturated heterocycles. The van der Waals surface area contributed by atoms with Gasteiger partial charge in [-0.2, -0.15) is 0 Å². The summed E-state index contributed by atoms with van der Waals surface area (Å²) in [7, 11) is 2.99. The zero-order valence-electron chi connectivity index (χ0n) is 23.4. The Morgan fingerprint density at radius 1 is 0.690 bits per heavy atom.